The third-order valence-electron chi connectivity index (χ3n) is 2.81. The molecule has 2 aromatic heterocycles. The van der Waals surface area contributed by atoms with Gasteiger partial charge in [0.25, 0.3) is 0 Å². The van der Waals surface area contributed by atoms with E-state index in [0.717, 1.165) is 0 Å². The van der Waals surface area contributed by atoms with Gasteiger partial charge >= 0.3 is 6.36 Å². The maximum atomic E-state index is 12.2. The Labute approximate surface area is 127 Å². The second-order valence-electron chi connectivity index (χ2n) is 4.42. The predicted octanol–water partition coefficient (Wildman–Crippen LogP) is 3.43. The van der Waals surface area contributed by atoms with Crippen molar-refractivity contribution in [2.24, 2.45) is 0 Å². The quantitative estimate of drug-likeness (QED) is 0.691. The van der Waals surface area contributed by atoms with Crippen LogP contribution in [0.4, 0.5) is 13.2 Å². The number of aromatic nitrogens is 4. The third kappa shape index (κ3) is 3.28. The van der Waals surface area contributed by atoms with Crippen molar-refractivity contribution in [3.05, 3.63) is 47.5 Å². The molecule has 9 heteroatoms. The molecule has 0 radical (unpaired) electrons. The van der Waals surface area contributed by atoms with Crippen LogP contribution in [0.2, 0.25) is 5.28 Å². The van der Waals surface area contributed by atoms with Gasteiger partial charge in [-0.1, -0.05) is 12.1 Å². The van der Waals surface area contributed by atoms with E-state index in [9.17, 15) is 13.2 Å². The van der Waals surface area contributed by atoms with Gasteiger partial charge in [-0.2, -0.15) is 10.1 Å². The number of benzene rings is 1. The van der Waals surface area contributed by atoms with Crippen molar-refractivity contribution in [1.29, 1.82) is 0 Å². The Morgan fingerprint density at radius 1 is 1.23 bits per heavy atom. The average Bonchev–Trinajstić information content (AvgIpc) is 2.80. The van der Waals surface area contributed by atoms with Crippen molar-refractivity contribution in [3.63, 3.8) is 0 Å². The highest BCUT2D eigenvalue weighted by Gasteiger charge is 2.31. The molecule has 3 rings (SSSR count). The second kappa shape index (κ2) is 5.45. The largest absolute Gasteiger partial charge is 0.573 e. The van der Waals surface area contributed by atoms with Crippen molar-refractivity contribution >= 4 is 22.6 Å². The molecule has 0 bridgehead atoms. The minimum atomic E-state index is -4.72. The molecule has 114 valence electrons. The fourth-order valence-electron chi connectivity index (χ4n) is 1.98. The minimum absolute atomic E-state index is 0.0726. The molecule has 0 saturated heterocycles. The summed E-state index contributed by atoms with van der Waals surface area (Å²) in [5.41, 5.74) is 1.09. The fraction of sp³-hybridized carbons (Fsp3) is 0.154. The van der Waals surface area contributed by atoms with E-state index in [1.807, 2.05) is 0 Å². The lowest BCUT2D eigenvalue weighted by atomic mass is 10.2. The van der Waals surface area contributed by atoms with E-state index in [4.69, 9.17) is 11.6 Å². The first-order valence-electron chi connectivity index (χ1n) is 6.09. The van der Waals surface area contributed by atoms with E-state index < -0.39 is 6.36 Å². The lowest BCUT2D eigenvalue weighted by Gasteiger charge is -2.10. The van der Waals surface area contributed by atoms with Crippen LogP contribution in [0.5, 0.6) is 5.75 Å². The van der Waals surface area contributed by atoms with Crippen LogP contribution in [0.3, 0.4) is 0 Å². The van der Waals surface area contributed by atoms with E-state index in [2.05, 4.69) is 19.8 Å². The molecule has 0 aliphatic carbocycles. The molecule has 1 aromatic carbocycles. The van der Waals surface area contributed by atoms with Gasteiger partial charge < -0.3 is 4.74 Å². The van der Waals surface area contributed by atoms with Crippen LogP contribution in [0.25, 0.3) is 11.0 Å². The molecular formula is C13H8ClF3N4O. The Morgan fingerprint density at radius 2 is 2.05 bits per heavy atom. The van der Waals surface area contributed by atoms with E-state index in [-0.39, 0.29) is 17.6 Å². The number of rotatable bonds is 3. The van der Waals surface area contributed by atoms with E-state index in [0.29, 0.717) is 16.6 Å². The van der Waals surface area contributed by atoms with Gasteiger partial charge in [0.05, 0.1) is 18.1 Å². The zero-order chi connectivity index (χ0) is 15.7. The zero-order valence-corrected chi connectivity index (χ0v) is 11.6. The summed E-state index contributed by atoms with van der Waals surface area (Å²) in [7, 11) is 0. The highest BCUT2D eigenvalue weighted by molar-refractivity contribution is 6.28. The van der Waals surface area contributed by atoms with E-state index in [1.54, 1.807) is 12.3 Å². The van der Waals surface area contributed by atoms with Gasteiger partial charge in [0.15, 0.2) is 5.65 Å². The number of nitrogens with zero attached hydrogens (tertiary/aromatic N) is 4. The smallest absolute Gasteiger partial charge is 0.406 e. The van der Waals surface area contributed by atoms with Crippen LogP contribution in [0.1, 0.15) is 5.56 Å². The van der Waals surface area contributed by atoms with Gasteiger partial charge in [-0.25, -0.2) is 9.67 Å². The van der Waals surface area contributed by atoms with Crippen LogP contribution >= 0.6 is 11.6 Å². The van der Waals surface area contributed by atoms with Crippen LogP contribution in [-0.2, 0) is 6.54 Å². The zero-order valence-electron chi connectivity index (χ0n) is 10.9. The molecule has 0 amide bonds. The molecule has 0 atom stereocenters. The second-order valence-corrected chi connectivity index (χ2v) is 4.75. The van der Waals surface area contributed by atoms with Crippen molar-refractivity contribution in [1.82, 2.24) is 19.7 Å². The topological polar surface area (TPSA) is 52.8 Å². The summed E-state index contributed by atoms with van der Waals surface area (Å²) in [6, 6.07) is 5.67. The minimum Gasteiger partial charge on any atom is -0.406 e. The number of hydrogen-bond donors (Lipinski definition) is 0. The Hall–Kier alpha value is -2.35. The summed E-state index contributed by atoms with van der Waals surface area (Å²) in [5.74, 6) is -0.283. The lowest BCUT2D eigenvalue weighted by molar-refractivity contribution is -0.274. The van der Waals surface area contributed by atoms with Gasteiger partial charge in [0.2, 0.25) is 5.28 Å². The SMILES string of the molecule is FC(F)(F)Oc1cccc(Cn2ncc3cnc(Cl)nc32)c1. The Morgan fingerprint density at radius 3 is 2.82 bits per heavy atom. The number of halogens is 4. The first-order chi connectivity index (χ1) is 10.4. The van der Waals surface area contributed by atoms with Crippen molar-refractivity contribution in [2.45, 2.75) is 12.9 Å². The summed E-state index contributed by atoms with van der Waals surface area (Å²) in [4.78, 5) is 7.90. The van der Waals surface area contributed by atoms with Gasteiger partial charge in [0.1, 0.15) is 5.75 Å². The Bertz CT molecular complexity index is 818. The molecule has 0 N–H and O–H groups in total. The van der Waals surface area contributed by atoms with Gasteiger partial charge in [-0.15, -0.1) is 13.2 Å². The van der Waals surface area contributed by atoms with Crippen LogP contribution in [0.15, 0.2) is 36.7 Å². The van der Waals surface area contributed by atoms with Crippen molar-refractivity contribution in [3.8, 4) is 5.75 Å². The van der Waals surface area contributed by atoms with Gasteiger partial charge in [0, 0.05) is 6.20 Å². The highest BCUT2D eigenvalue weighted by Crippen LogP contribution is 2.24. The highest BCUT2D eigenvalue weighted by atomic mass is 35.5. The molecule has 0 spiro atoms. The predicted molar refractivity (Wildman–Crippen MR) is 72.6 cm³/mol. The summed E-state index contributed by atoms with van der Waals surface area (Å²) in [5, 5.41) is 4.89. The van der Waals surface area contributed by atoms with Crippen LogP contribution < -0.4 is 4.74 Å². The normalized spacial score (nSPS) is 11.8. The molecule has 0 aliphatic rings. The Balaban J connectivity index is 1.89. The number of ether oxygens (including phenoxy) is 1. The van der Waals surface area contributed by atoms with E-state index in [1.165, 1.54) is 29.1 Å². The summed E-state index contributed by atoms with van der Waals surface area (Å²) < 4.78 is 42.1. The van der Waals surface area contributed by atoms with Gasteiger partial charge in [-0.3, -0.25) is 0 Å². The first-order valence-corrected chi connectivity index (χ1v) is 6.47. The fourth-order valence-corrected chi connectivity index (χ4v) is 2.10. The summed E-state index contributed by atoms with van der Waals surface area (Å²) >= 11 is 5.74. The molecular weight excluding hydrogens is 321 g/mol. The third-order valence-corrected chi connectivity index (χ3v) is 2.99. The Kier molecular flexibility index (Phi) is 3.61. The molecule has 0 aliphatic heterocycles. The number of hydrogen-bond acceptors (Lipinski definition) is 4. The molecule has 22 heavy (non-hydrogen) atoms. The van der Waals surface area contributed by atoms with Gasteiger partial charge in [-0.05, 0) is 29.3 Å². The molecule has 3 aromatic rings. The number of alkyl halides is 3. The maximum absolute atomic E-state index is 12.2. The first kappa shape index (κ1) is 14.6. The molecule has 5 nitrogen and oxygen atoms in total. The maximum Gasteiger partial charge on any atom is 0.573 e. The average molecular weight is 329 g/mol. The number of fused-ring (bicyclic) bond motifs is 1. The molecule has 0 unspecified atom stereocenters. The van der Waals surface area contributed by atoms with Crippen LogP contribution in [0, 0.1) is 0 Å². The molecule has 0 saturated carbocycles. The van der Waals surface area contributed by atoms with E-state index >= 15 is 0 Å². The lowest BCUT2D eigenvalue weighted by Crippen LogP contribution is -2.17. The molecule has 0 fully saturated rings. The molecule has 2 heterocycles. The van der Waals surface area contributed by atoms with Crippen LogP contribution in [-0.4, -0.2) is 26.1 Å². The summed E-state index contributed by atoms with van der Waals surface area (Å²) in [6.07, 6.45) is -1.64. The summed E-state index contributed by atoms with van der Waals surface area (Å²) in [6.45, 7) is 0.228. The van der Waals surface area contributed by atoms with Crippen molar-refractivity contribution < 1.29 is 17.9 Å². The standard InChI is InChI=1S/C13H8ClF3N4O/c14-12-18-5-9-6-19-21(11(9)20-12)7-8-2-1-3-10(4-8)22-13(15,16)17/h1-6H,7H2. The monoisotopic (exact) mass is 328 g/mol. The van der Waals surface area contributed by atoms with Crippen molar-refractivity contribution in [2.75, 3.05) is 0 Å².